The molecular weight excluding hydrogens is 791 g/mol. The van der Waals surface area contributed by atoms with Gasteiger partial charge in [-0.05, 0) is 98.6 Å². The van der Waals surface area contributed by atoms with Crippen LogP contribution in [0.4, 0.5) is 0 Å². The van der Waals surface area contributed by atoms with E-state index in [9.17, 15) is 0 Å². The molecule has 0 N–H and O–H groups in total. The van der Waals surface area contributed by atoms with Crippen LogP contribution in [-0.2, 0) is 0 Å². The molecule has 0 aliphatic carbocycles. The van der Waals surface area contributed by atoms with E-state index in [2.05, 4.69) is 250 Å². The number of hydrogen-bond acceptors (Lipinski definition) is 0. The molecule has 298 valence electrons. The molecule has 3 nitrogen and oxygen atoms in total. The van der Waals surface area contributed by atoms with Gasteiger partial charge in [0, 0.05) is 49.4 Å². The lowest BCUT2D eigenvalue weighted by Gasteiger charge is -2.31. The van der Waals surface area contributed by atoms with E-state index in [1.807, 2.05) is 0 Å². The first kappa shape index (κ1) is 35.4. The zero-order chi connectivity index (χ0) is 41.9. The molecule has 64 heavy (non-hydrogen) atoms. The predicted molar refractivity (Wildman–Crippen MR) is 272 cm³/mol. The molecule has 0 amide bonds. The lowest BCUT2D eigenvalue weighted by molar-refractivity contribution is 1.17. The third kappa shape index (κ3) is 4.70. The second-order valence-electron chi connectivity index (χ2n) is 17.2. The van der Waals surface area contributed by atoms with Crippen molar-refractivity contribution in [2.75, 3.05) is 0 Å². The molecule has 3 aromatic heterocycles. The fraction of sp³-hybridized carbons (Fsp3) is 0. The number of rotatable bonds is 5. The Balaban J connectivity index is 1.14. The van der Waals surface area contributed by atoms with Gasteiger partial charge in [-0.25, -0.2) is 0 Å². The molecule has 0 fully saturated rings. The quantitative estimate of drug-likeness (QED) is 0.154. The molecule has 0 atom stereocenters. The summed E-state index contributed by atoms with van der Waals surface area (Å²) in [4.78, 5) is 0. The van der Waals surface area contributed by atoms with Gasteiger partial charge in [-0.3, -0.25) is 0 Å². The first-order valence-electron chi connectivity index (χ1n) is 22.2. The summed E-state index contributed by atoms with van der Waals surface area (Å²) in [6, 6.07) is 88.5. The molecule has 0 radical (unpaired) electrons. The van der Waals surface area contributed by atoms with Crippen LogP contribution in [0.1, 0.15) is 0 Å². The van der Waals surface area contributed by atoms with Crippen molar-refractivity contribution in [3.8, 4) is 28.2 Å². The number of para-hydroxylation sites is 4. The summed E-state index contributed by atoms with van der Waals surface area (Å²) in [7, 11) is -2.78. The van der Waals surface area contributed by atoms with Gasteiger partial charge in [0.15, 0.2) is 8.07 Å². The highest BCUT2D eigenvalue weighted by Crippen LogP contribution is 2.43. The van der Waals surface area contributed by atoms with Crippen LogP contribution in [0, 0.1) is 0 Å². The summed E-state index contributed by atoms with van der Waals surface area (Å²) in [6.07, 6.45) is 0. The van der Waals surface area contributed by atoms with Gasteiger partial charge >= 0.3 is 0 Å². The van der Waals surface area contributed by atoms with Gasteiger partial charge in [0.05, 0.1) is 33.1 Å². The van der Waals surface area contributed by atoms with Crippen LogP contribution in [0.25, 0.3) is 93.6 Å². The largest absolute Gasteiger partial charge is 0.309 e. The van der Waals surface area contributed by atoms with Gasteiger partial charge in [0.2, 0.25) is 0 Å². The van der Waals surface area contributed by atoms with Crippen molar-refractivity contribution < 1.29 is 0 Å². The highest BCUT2D eigenvalue weighted by molar-refractivity contribution is 7.22. The standard InChI is InChI=1S/C60H39N3Si/c1-4-18-40(19-5-1)61-55-36-33-44(64(43-22-8-3-9-23-43)57-30-16-12-26-47(57)48-27-13-17-31-58(48)64)39-51(55)59-56(61)37-34-49-50-38-42(32-35-54(50)63(60(49)59)41-20-6-2-7-21-41)62-52-28-14-10-24-45(52)46-25-11-15-29-53(46)62/h1-39H. The van der Waals surface area contributed by atoms with Crippen molar-refractivity contribution in [2.45, 2.75) is 0 Å². The summed E-state index contributed by atoms with van der Waals surface area (Å²) >= 11 is 0. The average Bonchev–Trinajstić information content (AvgIpc) is 4.08. The molecule has 0 bridgehead atoms. The molecule has 4 heterocycles. The third-order valence-corrected chi connectivity index (χ3v) is 19.0. The van der Waals surface area contributed by atoms with E-state index in [-0.39, 0.29) is 0 Å². The maximum Gasteiger partial charge on any atom is 0.180 e. The molecule has 0 unspecified atom stereocenters. The Labute approximate surface area is 370 Å². The molecule has 14 rings (SSSR count). The summed E-state index contributed by atoms with van der Waals surface area (Å²) in [5.41, 5.74) is 13.4. The highest BCUT2D eigenvalue weighted by atomic mass is 28.3. The van der Waals surface area contributed by atoms with Crippen LogP contribution in [0.3, 0.4) is 0 Å². The van der Waals surface area contributed by atoms with E-state index in [1.54, 1.807) is 0 Å². The SMILES string of the molecule is c1ccc(-n2c3ccc([Si]4(c5ccccc5)c5ccccc5-c5ccccc54)cc3c3c2ccc2c4cc(-n5c6ccccc6c6ccccc65)ccc4n(-c4ccccc4)c23)cc1. The molecule has 1 aliphatic heterocycles. The summed E-state index contributed by atoms with van der Waals surface area (Å²) < 4.78 is 7.44. The molecule has 1 aliphatic rings. The minimum absolute atomic E-state index is 1.14. The Morgan fingerprint density at radius 2 is 0.750 bits per heavy atom. The van der Waals surface area contributed by atoms with E-state index >= 15 is 0 Å². The van der Waals surface area contributed by atoms with E-state index in [1.165, 1.54) is 97.3 Å². The van der Waals surface area contributed by atoms with Crippen molar-refractivity contribution >= 4 is 94.2 Å². The van der Waals surface area contributed by atoms with Crippen molar-refractivity contribution in [1.82, 2.24) is 13.7 Å². The average molecular weight is 830 g/mol. The fourth-order valence-electron chi connectivity index (χ4n) is 11.6. The Hall–Kier alpha value is -8.18. The van der Waals surface area contributed by atoms with Crippen LogP contribution in [0.5, 0.6) is 0 Å². The van der Waals surface area contributed by atoms with Crippen LogP contribution in [-0.4, -0.2) is 21.8 Å². The van der Waals surface area contributed by atoms with E-state index in [0.717, 1.165) is 17.1 Å². The van der Waals surface area contributed by atoms with Crippen LogP contribution < -0.4 is 20.7 Å². The summed E-state index contributed by atoms with van der Waals surface area (Å²) in [5, 5.41) is 13.2. The van der Waals surface area contributed by atoms with Gasteiger partial charge < -0.3 is 13.7 Å². The summed E-state index contributed by atoms with van der Waals surface area (Å²) in [5.74, 6) is 0. The van der Waals surface area contributed by atoms with Gasteiger partial charge in [-0.2, -0.15) is 0 Å². The minimum Gasteiger partial charge on any atom is -0.309 e. The van der Waals surface area contributed by atoms with Crippen molar-refractivity contribution in [3.05, 3.63) is 237 Å². The lowest BCUT2D eigenvalue weighted by atomic mass is 10.1. The molecular formula is C60H39N3Si. The van der Waals surface area contributed by atoms with E-state index < -0.39 is 8.07 Å². The Kier molecular flexibility index (Phi) is 7.42. The molecule has 4 heteroatoms. The normalized spacial score (nSPS) is 13.1. The second kappa shape index (κ2) is 13.4. The number of aromatic nitrogens is 3. The van der Waals surface area contributed by atoms with Gasteiger partial charge in [-0.15, -0.1) is 0 Å². The number of fused-ring (bicyclic) bond motifs is 13. The van der Waals surface area contributed by atoms with Crippen molar-refractivity contribution in [2.24, 2.45) is 0 Å². The summed E-state index contributed by atoms with van der Waals surface area (Å²) in [6.45, 7) is 0. The minimum atomic E-state index is -2.78. The maximum atomic E-state index is 2.59. The predicted octanol–water partition coefficient (Wildman–Crippen LogP) is 12.3. The van der Waals surface area contributed by atoms with Gasteiger partial charge in [0.25, 0.3) is 0 Å². The number of benzene rings is 10. The van der Waals surface area contributed by atoms with Crippen molar-refractivity contribution in [1.29, 1.82) is 0 Å². The third-order valence-electron chi connectivity index (χ3n) is 14.1. The molecule has 13 aromatic rings. The Morgan fingerprint density at radius 1 is 0.266 bits per heavy atom. The molecule has 10 aromatic carbocycles. The maximum absolute atomic E-state index is 2.78. The highest BCUT2D eigenvalue weighted by Gasteiger charge is 2.48. The smallest absolute Gasteiger partial charge is 0.180 e. The van der Waals surface area contributed by atoms with Crippen LogP contribution >= 0.6 is 0 Å². The van der Waals surface area contributed by atoms with Crippen molar-refractivity contribution in [3.63, 3.8) is 0 Å². The van der Waals surface area contributed by atoms with E-state index in [0.29, 0.717) is 0 Å². The first-order valence-corrected chi connectivity index (χ1v) is 24.2. The second-order valence-corrected chi connectivity index (χ2v) is 20.9. The number of hydrogen-bond donors (Lipinski definition) is 0. The fourth-order valence-corrected chi connectivity index (χ4v) is 16.8. The van der Waals surface area contributed by atoms with Gasteiger partial charge in [-0.1, -0.05) is 170 Å². The zero-order valence-corrected chi connectivity index (χ0v) is 35.9. The molecule has 0 spiro atoms. The van der Waals surface area contributed by atoms with Gasteiger partial charge in [0.1, 0.15) is 0 Å². The van der Waals surface area contributed by atoms with E-state index in [4.69, 9.17) is 0 Å². The molecule has 0 saturated carbocycles. The Bertz CT molecular complexity index is 3910. The van der Waals surface area contributed by atoms with Crippen LogP contribution in [0.2, 0.25) is 0 Å². The number of nitrogens with zero attached hydrogens (tertiary/aromatic N) is 3. The lowest BCUT2D eigenvalue weighted by Crippen LogP contribution is -2.72. The Morgan fingerprint density at radius 3 is 1.41 bits per heavy atom. The monoisotopic (exact) mass is 829 g/mol. The first-order chi connectivity index (χ1) is 31.8. The zero-order valence-electron chi connectivity index (χ0n) is 34.9. The van der Waals surface area contributed by atoms with Crippen LogP contribution in [0.15, 0.2) is 237 Å². The molecule has 0 saturated heterocycles. The topological polar surface area (TPSA) is 14.8 Å².